The summed E-state index contributed by atoms with van der Waals surface area (Å²) in [5.74, 6) is -0.354. The minimum Gasteiger partial charge on any atom is -0.378 e. The molecule has 0 aromatic heterocycles. The summed E-state index contributed by atoms with van der Waals surface area (Å²) < 4.78 is 13.2. The van der Waals surface area contributed by atoms with E-state index in [0.29, 0.717) is 25.2 Å². The Morgan fingerprint density at radius 1 is 1.65 bits per heavy atom. The van der Waals surface area contributed by atoms with E-state index in [4.69, 9.17) is 17.3 Å². The number of hydrogen-bond donors (Lipinski definition) is 3. The maximum Gasteiger partial charge on any atom is 0.146 e. The number of Topliss-reactive ketones (excluding diaryl/α,β-unsaturated/α-hetero) is 1. The Labute approximate surface area is 122 Å². The van der Waals surface area contributed by atoms with Crippen LogP contribution in [0.15, 0.2) is 18.2 Å². The molecule has 1 aliphatic heterocycles. The molecule has 6 heteroatoms. The molecule has 0 saturated carbocycles. The van der Waals surface area contributed by atoms with Gasteiger partial charge in [-0.2, -0.15) is 0 Å². The summed E-state index contributed by atoms with van der Waals surface area (Å²) in [4.78, 5) is 11.6. The molecule has 1 aromatic rings. The van der Waals surface area contributed by atoms with Crippen molar-refractivity contribution in [3.05, 3.63) is 29.0 Å². The molecule has 0 spiro atoms. The third-order valence-electron chi connectivity index (χ3n) is 3.80. The van der Waals surface area contributed by atoms with Gasteiger partial charge in [-0.15, -0.1) is 0 Å². The van der Waals surface area contributed by atoms with Crippen LogP contribution in [0.1, 0.15) is 19.8 Å². The lowest BCUT2D eigenvalue weighted by molar-refractivity contribution is -0.119. The first-order valence-electron chi connectivity index (χ1n) is 6.63. The van der Waals surface area contributed by atoms with Gasteiger partial charge in [0.1, 0.15) is 11.6 Å². The molecule has 1 saturated heterocycles. The first-order chi connectivity index (χ1) is 9.46. The van der Waals surface area contributed by atoms with Crippen LogP contribution >= 0.6 is 11.6 Å². The summed E-state index contributed by atoms with van der Waals surface area (Å²) >= 11 is 5.79. The van der Waals surface area contributed by atoms with Crippen molar-refractivity contribution in [1.82, 2.24) is 5.32 Å². The Kier molecular flexibility index (Phi) is 4.62. The minimum absolute atomic E-state index is 0.0687. The summed E-state index contributed by atoms with van der Waals surface area (Å²) in [6, 6.07) is 4.29. The third kappa shape index (κ3) is 3.29. The van der Waals surface area contributed by atoms with Crippen molar-refractivity contribution in [1.29, 1.82) is 0 Å². The van der Waals surface area contributed by atoms with Crippen molar-refractivity contribution in [2.45, 2.75) is 31.3 Å². The number of benzene rings is 1. The predicted octanol–water partition coefficient (Wildman–Crippen LogP) is 1.93. The quantitative estimate of drug-likeness (QED) is 0.795. The van der Waals surface area contributed by atoms with E-state index in [1.807, 2.05) is 0 Å². The number of nitrogens with two attached hydrogens (primary N) is 1. The first-order valence-corrected chi connectivity index (χ1v) is 7.01. The number of rotatable bonds is 4. The van der Waals surface area contributed by atoms with Crippen LogP contribution in [0.3, 0.4) is 0 Å². The van der Waals surface area contributed by atoms with Gasteiger partial charge in [-0.1, -0.05) is 11.6 Å². The van der Waals surface area contributed by atoms with Gasteiger partial charge in [0, 0.05) is 12.2 Å². The molecule has 2 unspecified atom stereocenters. The molecule has 0 radical (unpaired) electrons. The summed E-state index contributed by atoms with van der Waals surface area (Å²) in [7, 11) is 0. The van der Waals surface area contributed by atoms with Gasteiger partial charge < -0.3 is 16.4 Å². The number of anilines is 1. The Hall–Kier alpha value is -1.17. The number of halogens is 2. The van der Waals surface area contributed by atoms with Gasteiger partial charge in [-0.05, 0) is 44.5 Å². The van der Waals surface area contributed by atoms with E-state index in [1.165, 1.54) is 6.07 Å². The van der Waals surface area contributed by atoms with Gasteiger partial charge >= 0.3 is 0 Å². The van der Waals surface area contributed by atoms with Crippen molar-refractivity contribution >= 4 is 23.1 Å². The molecule has 1 heterocycles. The van der Waals surface area contributed by atoms with Crippen molar-refractivity contribution in [3.8, 4) is 0 Å². The molecule has 1 fully saturated rings. The normalized spacial score (nSPS) is 26.3. The fourth-order valence-corrected chi connectivity index (χ4v) is 2.75. The highest BCUT2D eigenvalue weighted by Gasteiger charge is 2.36. The molecule has 0 bridgehead atoms. The highest BCUT2D eigenvalue weighted by atomic mass is 35.5. The zero-order chi connectivity index (χ0) is 14.8. The van der Waals surface area contributed by atoms with Gasteiger partial charge in [0.15, 0.2) is 0 Å². The van der Waals surface area contributed by atoms with E-state index in [0.717, 1.165) is 6.42 Å². The summed E-state index contributed by atoms with van der Waals surface area (Å²) in [5.41, 5.74) is 6.25. The van der Waals surface area contributed by atoms with Crippen LogP contribution in [0, 0.1) is 5.82 Å². The van der Waals surface area contributed by atoms with Crippen molar-refractivity contribution in [3.63, 3.8) is 0 Å². The van der Waals surface area contributed by atoms with Crippen LogP contribution in [-0.2, 0) is 4.79 Å². The fourth-order valence-electron chi connectivity index (χ4n) is 2.57. The van der Waals surface area contributed by atoms with Crippen LogP contribution in [0.2, 0.25) is 5.02 Å². The maximum atomic E-state index is 13.2. The van der Waals surface area contributed by atoms with Crippen LogP contribution in [0.25, 0.3) is 0 Å². The van der Waals surface area contributed by atoms with Crippen molar-refractivity contribution < 1.29 is 9.18 Å². The summed E-state index contributed by atoms with van der Waals surface area (Å²) in [6.07, 6.45) is 1.40. The number of nitrogens with one attached hydrogen (secondary N) is 2. The first kappa shape index (κ1) is 15.2. The lowest BCUT2D eigenvalue weighted by atomic mass is 9.82. The Bertz CT molecular complexity index is 511. The molecule has 20 heavy (non-hydrogen) atoms. The molecule has 1 aromatic carbocycles. The zero-order valence-corrected chi connectivity index (χ0v) is 12.1. The summed E-state index contributed by atoms with van der Waals surface area (Å²) in [5, 5.41) is 6.58. The smallest absolute Gasteiger partial charge is 0.146 e. The number of ketones is 1. The van der Waals surface area contributed by atoms with E-state index >= 15 is 0 Å². The predicted molar refractivity (Wildman–Crippen MR) is 78.5 cm³/mol. The van der Waals surface area contributed by atoms with Gasteiger partial charge in [-0.25, -0.2) is 4.39 Å². The Morgan fingerprint density at radius 3 is 3.00 bits per heavy atom. The Balaban J connectivity index is 2.18. The lowest BCUT2D eigenvalue weighted by Crippen LogP contribution is -2.58. The molecule has 110 valence electrons. The summed E-state index contributed by atoms with van der Waals surface area (Å²) in [6.45, 7) is 2.68. The Morgan fingerprint density at radius 2 is 2.40 bits per heavy atom. The van der Waals surface area contributed by atoms with E-state index in [9.17, 15) is 9.18 Å². The third-order valence-corrected chi connectivity index (χ3v) is 4.09. The molecular weight excluding hydrogens is 281 g/mol. The highest BCUT2D eigenvalue weighted by Crippen LogP contribution is 2.28. The van der Waals surface area contributed by atoms with E-state index < -0.39 is 5.82 Å². The highest BCUT2D eigenvalue weighted by molar-refractivity contribution is 6.31. The molecule has 2 atom stereocenters. The average Bonchev–Trinajstić information content (AvgIpc) is 2.43. The lowest BCUT2D eigenvalue weighted by Gasteiger charge is -2.41. The number of carbonyl (C=O) groups excluding carboxylic acids is 1. The molecule has 0 amide bonds. The second kappa shape index (κ2) is 6.08. The maximum absolute atomic E-state index is 13.2. The fraction of sp³-hybridized carbons (Fsp3) is 0.500. The SMILES string of the molecule is CC(=O)C1CC(CN)(Nc2ccc(F)c(Cl)c2)CCN1. The van der Waals surface area contributed by atoms with Gasteiger partial charge in [0.2, 0.25) is 0 Å². The van der Waals surface area contributed by atoms with Crippen LogP contribution < -0.4 is 16.4 Å². The van der Waals surface area contributed by atoms with Crippen LogP contribution in [0.5, 0.6) is 0 Å². The van der Waals surface area contributed by atoms with Gasteiger partial charge in [-0.3, -0.25) is 4.79 Å². The average molecular weight is 300 g/mol. The van der Waals surface area contributed by atoms with E-state index in [-0.39, 0.29) is 22.4 Å². The standard InChI is InChI=1S/C14H19ClFN3O/c1-9(20)13-7-14(8-17,4-5-18-13)19-10-2-3-12(16)11(15)6-10/h2-3,6,13,18-19H,4-5,7-8,17H2,1H3. The monoisotopic (exact) mass is 299 g/mol. The molecular formula is C14H19ClFN3O. The van der Waals surface area contributed by atoms with E-state index in [1.54, 1.807) is 19.1 Å². The van der Waals surface area contributed by atoms with Crippen molar-refractivity contribution in [2.24, 2.45) is 5.73 Å². The molecule has 4 N–H and O–H groups in total. The second-order valence-corrected chi connectivity index (χ2v) is 5.72. The van der Waals surface area contributed by atoms with Gasteiger partial charge in [0.25, 0.3) is 0 Å². The van der Waals surface area contributed by atoms with Crippen LogP contribution in [0.4, 0.5) is 10.1 Å². The molecule has 2 rings (SSSR count). The minimum atomic E-state index is -0.453. The molecule has 0 aliphatic carbocycles. The van der Waals surface area contributed by atoms with Gasteiger partial charge in [0.05, 0.1) is 16.6 Å². The van der Waals surface area contributed by atoms with Crippen LogP contribution in [-0.4, -0.2) is 30.5 Å². The second-order valence-electron chi connectivity index (χ2n) is 5.31. The zero-order valence-electron chi connectivity index (χ0n) is 11.4. The molecule has 1 aliphatic rings. The molecule has 4 nitrogen and oxygen atoms in total. The topological polar surface area (TPSA) is 67.2 Å². The largest absolute Gasteiger partial charge is 0.378 e. The number of hydrogen-bond acceptors (Lipinski definition) is 4. The number of piperidine rings is 1. The van der Waals surface area contributed by atoms with Crippen molar-refractivity contribution in [2.75, 3.05) is 18.4 Å². The number of carbonyl (C=O) groups is 1. The van der Waals surface area contributed by atoms with E-state index in [2.05, 4.69) is 10.6 Å².